The molecule has 0 saturated heterocycles. The molecule has 0 saturated carbocycles. The summed E-state index contributed by atoms with van der Waals surface area (Å²) in [4.78, 5) is 14.3. The maximum atomic E-state index is 10.4. The van der Waals surface area contributed by atoms with Gasteiger partial charge in [-0.2, -0.15) is 4.98 Å². The average molecular weight is 170 g/mol. The van der Waals surface area contributed by atoms with Crippen molar-refractivity contribution in [3.63, 3.8) is 0 Å². The summed E-state index contributed by atoms with van der Waals surface area (Å²) in [6.07, 6.45) is 1.40. The highest BCUT2D eigenvalue weighted by atomic mass is 16.3. The number of oxazole rings is 1. The third kappa shape index (κ3) is 3.75. The van der Waals surface area contributed by atoms with Gasteiger partial charge in [0.1, 0.15) is 6.26 Å². The molecule has 1 amide bonds. The van der Waals surface area contributed by atoms with E-state index in [0.717, 1.165) is 0 Å². The first-order chi connectivity index (χ1) is 5.68. The Kier molecular flexibility index (Phi) is 4.76. The molecule has 0 unspecified atom stereocenters. The van der Waals surface area contributed by atoms with E-state index in [0.29, 0.717) is 11.7 Å². The van der Waals surface area contributed by atoms with Crippen LogP contribution in [0.2, 0.25) is 0 Å². The SMILES string of the molecule is CC.CC(=O)Nc1coc(C)n1. The minimum Gasteiger partial charge on any atom is -0.447 e. The van der Waals surface area contributed by atoms with Gasteiger partial charge in [0.25, 0.3) is 0 Å². The van der Waals surface area contributed by atoms with Crippen LogP contribution in [-0.2, 0) is 4.79 Å². The van der Waals surface area contributed by atoms with E-state index in [4.69, 9.17) is 4.42 Å². The van der Waals surface area contributed by atoms with Crippen molar-refractivity contribution in [3.05, 3.63) is 12.2 Å². The van der Waals surface area contributed by atoms with Crippen molar-refractivity contribution in [2.75, 3.05) is 5.32 Å². The number of carbonyl (C=O) groups excluding carboxylic acids is 1. The van der Waals surface area contributed by atoms with Crippen LogP contribution in [0.3, 0.4) is 0 Å². The number of hydrogen-bond acceptors (Lipinski definition) is 3. The summed E-state index contributed by atoms with van der Waals surface area (Å²) in [7, 11) is 0. The Morgan fingerprint density at radius 1 is 1.58 bits per heavy atom. The van der Waals surface area contributed by atoms with Crippen LogP contribution in [0.5, 0.6) is 0 Å². The van der Waals surface area contributed by atoms with Crippen molar-refractivity contribution in [1.82, 2.24) is 4.98 Å². The van der Waals surface area contributed by atoms with Crippen LogP contribution in [0.25, 0.3) is 0 Å². The van der Waals surface area contributed by atoms with Gasteiger partial charge >= 0.3 is 0 Å². The number of carbonyl (C=O) groups is 1. The number of aryl methyl sites for hydroxylation is 1. The third-order valence-electron chi connectivity index (χ3n) is 0.923. The van der Waals surface area contributed by atoms with Crippen LogP contribution in [0.1, 0.15) is 26.7 Å². The number of rotatable bonds is 1. The molecule has 68 valence electrons. The smallest absolute Gasteiger partial charge is 0.222 e. The monoisotopic (exact) mass is 170 g/mol. The van der Waals surface area contributed by atoms with Gasteiger partial charge in [0.15, 0.2) is 11.7 Å². The Hall–Kier alpha value is -1.32. The Morgan fingerprint density at radius 2 is 2.17 bits per heavy atom. The Bertz CT molecular complexity index is 243. The number of aromatic nitrogens is 1. The molecule has 0 spiro atoms. The topological polar surface area (TPSA) is 55.1 Å². The largest absolute Gasteiger partial charge is 0.447 e. The van der Waals surface area contributed by atoms with Gasteiger partial charge in [-0.05, 0) is 0 Å². The lowest BCUT2D eigenvalue weighted by Gasteiger charge is -1.90. The first kappa shape index (κ1) is 10.7. The summed E-state index contributed by atoms with van der Waals surface area (Å²) in [5, 5.41) is 2.48. The molecule has 0 fully saturated rings. The quantitative estimate of drug-likeness (QED) is 0.701. The van der Waals surface area contributed by atoms with Gasteiger partial charge in [0, 0.05) is 13.8 Å². The molecule has 0 bridgehead atoms. The maximum absolute atomic E-state index is 10.4. The summed E-state index contributed by atoms with van der Waals surface area (Å²) >= 11 is 0. The highest BCUT2D eigenvalue weighted by molar-refractivity contribution is 5.87. The normalized spacial score (nSPS) is 8.33. The minimum atomic E-state index is -0.145. The van der Waals surface area contributed by atoms with Gasteiger partial charge in [0.05, 0.1) is 0 Å². The van der Waals surface area contributed by atoms with Crippen molar-refractivity contribution < 1.29 is 9.21 Å². The summed E-state index contributed by atoms with van der Waals surface area (Å²) in [5.41, 5.74) is 0. The van der Waals surface area contributed by atoms with Crippen LogP contribution >= 0.6 is 0 Å². The van der Waals surface area contributed by atoms with Crippen molar-refractivity contribution in [1.29, 1.82) is 0 Å². The number of hydrogen-bond donors (Lipinski definition) is 1. The van der Waals surface area contributed by atoms with E-state index in [1.165, 1.54) is 13.2 Å². The fourth-order valence-corrected chi connectivity index (χ4v) is 0.601. The summed E-state index contributed by atoms with van der Waals surface area (Å²) in [6.45, 7) is 7.13. The second-order valence-corrected chi connectivity index (χ2v) is 1.93. The van der Waals surface area contributed by atoms with E-state index in [-0.39, 0.29) is 5.91 Å². The summed E-state index contributed by atoms with van der Waals surface area (Å²) < 4.78 is 4.84. The molecular formula is C8H14N2O2. The Balaban J connectivity index is 0.000000561. The fourth-order valence-electron chi connectivity index (χ4n) is 0.601. The first-order valence-electron chi connectivity index (χ1n) is 3.88. The van der Waals surface area contributed by atoms with Gasteiger partial charge in [0.2, 0.25) is 5.91 Å². The molecule has 1 aromatic rings. The van der Waals surface area contributed by atoms with Gasteiger partial charge in [-0.15, -0.1) is 0 Å². The van der Waals surface area contributed by atoms with Gasteiger partial charge in [-0.3, -0.25) is 4.79 Å². The molecule has 0 radical (unpaired) electrons. The Morgan fingerprint density at radius 3 is 2.50 bits per heavy atom. The van der Waals surface area contributed by atoms with E-state index < -0.39 is 0 Å². The molecule has 1 aromatic heterocycles. The standard InChI is InChI=1S/C6H8N2O2.C2H6/c1-4(9)7-6-3-10-5(2)8-6;1-2/h3H,1-2H3,(H,7,9);1-2H3. The molecule has 1 heterocycles. The lowest BCUT2D eigenvalue weighted by atomic mass is 10.6. The lowest BCUT2D eigenvalue weighted by molar-refractivity contribution is -0.114. The van der Waals surface area contributed by atoms with Crippen molar-refractivity contribution >= 4 is 11.7 Å². The second-order valence-electron chi connectivity index (χ2n) is 1.93. The van der Waals surface area contributed by atoms with Crippen molar-refractivity contribution in [2.45, 2.75) is 27.7 Å². The van der Waals surface area contributed by atoms with Gasteiger partial charge in [-0.25, -0.2) is 0 Å². The van der Waals surface area contributed by atoms with Crippen molar-refractivity contribution in [3.8, 4) is 0 Å². The van der Waals surface area contributed by atoms with Gasteiger partial charge < -0.3 is 9.73 Å². The van der Waals surface area contributed by atoms with Gasteiger partial charge in [-0.1, -0.05) is 13.8 Å². The predicted molar refractivity (Wildman–Crippen MR) is 46.9 cm³/mol. The zero-order valence-electron chi connectivity index (χ0n) is 7.84. The third-order valence-corrected chi connectivity index (χ3v) is 0.923. The van der Waals surface area contributed by atoms with Crippen molar-refractivity contribution in [2.24, 2.45) is 0 Å². The second kappa shape index (κ2) is 5.35. The zero-order valence-corrected chi connectivity index (χ0v) is 7.84. The molecule has 0 aliphatic heterocycles. The zero-order chi connectivity index (χ0) is 9.56. The number of nitrogens with zero attached hydrogens (tertiary/aromatic N) is 1. The molecule has 12 heavy (non-hydrogen) atoms. The molecule has 0 aromatic carbocycles. The van der Waals surface area contributed by atoms with E-state index in [1.807, 2.05) is 13.8 Å². The molecule has 1 N–H and O–H groups in total. The molecule has 0 aliphatic carbocycles. The molecule has 1 rings (SSSR count). The van der Waals surface area contributed by atoms with Crippen LogP contribution in [-0.4, -0.2) is 10.9 Å². The Labute approximate surface area is 72.0 Å². The minimum absolute atomic E-state index is 0.145. The van der Waals surface area contributed by atoms with Crippen LogP contribution < -0.4 is 5.32 Å². The maximum Gasteiger partial charge on any atom is 0.222 e. The van der Waals surface area contributed by atoms with E-state index in [9.17, 15) is 4.79 Å². The highest BCUT2D eigenvalue weighted by Crippen LogP contribution is 2.04. The molecular weight excluding hydrogens is 156 g/mol. The summed E-state index contributed by atoms with van der Waals surface area (Å²) in [6, 6.07) is 0. The molecule has 4 heteroatoms. The number of nitrogens with one attached hydrogen (secondary N) is 1. The van der Waals surface area contributed by atoms with E-state index in [1.54, 1.807) is 6.92 Å². The number of amides is 1. The average Bonchev–Trinajstić information content (AvgIpc) is 2.39. The molecule has 0 aliphatic rings. The highest BCUT2D eigenvalue weighted by Gasteiger charge is 1.98. The molecule has 0 atom stereocenters. The van der Waals surface area contributed by atoms with Crippen LogP contribution in [0.15, 0.2) is 10.7 Å². The van der Waals surface area contributed by atoms with Crippen LogP contribution in [0.4, 0.5) is 5.82 Å². The fraction of sp³-hybridized carbons (Fsp3) is 0.500. The van der Waals surface area contributed by atoms with E-state index >= 15 is 0 Å². The van der Waals surface area contributed by atoms with E-state index in [2.05, 4.69) is 10.3 Å². The first-order valence-corrected chi connectivity index (χ1v) is 3.88. The lowest BCUT2D eigenvalue weighted by Crippen LogP contribution is -2.05. The predicted octanol–water partition coefficient (Wildman–Crippen LogP) is 1.97. The summed E-state index contributed by atoms with van der Waals surface area (Å²) in [5.74, 6) is 0.863. The number of anilines is 1. The molecule has 4 nitrogen and oxygen atoms in total. The van der Waals surface area contributed by atoms with Crippen LogP contribution in [0, 0.1) is 6.92 Å².